The van der Waals surface area contributed by atoms with Crippen LogP contribution in [0, 0.1) is 28.9 Å². The van der Waals surface area contributed by atoms with E-state index in [0.29, 0.717) is 61.5 Å². The van der Waals surface area contributed by atoms with Crippen LogP contribution in [0.25, 0.3) is 32.9 Å². The van der Waals surface area contributed by atoms with Crippen LogP contribution in [0.4, 0.5) is 19.0 Å². The van der Waals surface area contributed by atoms with Crippen molar-refractivity contribution in [2.24, 2.45) is 0 Å². The zero-order valence-electron chi connectivity index (χ0n) is 34.9. The molecule has 2 aromatic carbocycles. The van der Waals surface area contributed by atoms with Gasteiger partial charge >= 0.3 is 6.01 Å². The van der Waals surface area contributed by atoms with Crippen molar-refractivity contribution in [2.45, 2.75) is 115 Å². The van der Waals surface area contributed by atoms with Gasteiger partial charge in [-0.05, 0) is 98.2 Å². The van der Waals surface area contributed by atoms with E-state index in [9.17, 15) is 0 Å². The van der Waals surface area contributed by atoms with E-state index in [1.807, 2.05) is 0 Å². The zero-order chi connectivity index (χ0) is 40.9. The molecule has 0 saturated carbocycles. The average Bonchev–Trinajstić information content (AvgIpc) is 3.64. The van der Waals surface area contributed by atoms with E-state index in [4.69, 9.17) is 33.9 Å². The second-order valence-corrected chi connectivity index (χ2v) is 23.2. The highest BCUT2D eigenvalue weighted by molar-refractivity contribution is 6.90. The van der Waals surface area contributed by atoms with E-state index in [0.717, 1.165) is 51.3 Å². The Kier molecular flexibility index (Phi) is 11.4. The number of benzene rings is 2. The summed E-state index contributed by atoms with van der Waals surface area (Å²) in [7, 11) is -0.920. The number of aryl methyl sites for hydroxylation is 1. The van der Waals surface area contributed by atoms with Crippen LogP contribution in [-0.2, 0) is 15.9 Å². The van der Waals surface area contributed by atoms with Crippen LogP contribution in [-0.4, -0.2) is 92.9 Å². The van der Waals surface area contributed by atoms with Crippen molar-refractivity contribution < 1.29 is 32.1 Å². The molecular weight excluding hydrogens is 760 g/mol. The molecule has 3 saturated heterocycles. The quantitative estimate of drug-likeness (QED) is 0.0884. The lowest BCUT2D eigenvalue weighted by Crippen LogP contribution is -2.43. The number of nitrogens with zero attached hydrogens (tertiary/aromatic N) is 5. The molecule has 0 N–H and O–H groups in total. The van der Waals surface area contributed by atoms with Crippen molar-refractivity contribution in [1.29, 1.82) is 0 Å². The van der Waals surface area contributed by atoms with Gasteiger partial charge in [0.15, 0.2) is 24.2 Å². The van der Waals surface area contributed by atoms with Crippen LogP contribution < -0.4 is 14.4 Å². The fourth-order valence-electron chi connectivity index (χ4n) is 10.7. The van der Waals surface area contributed by atoms with E-state index in [2.05, 4.69) is 62.8 Å². The summed E-state index contributed by atoms with van der Waals surface area (Å²) >= 11 is 0. The van der Waals surface area contributed by atoms with Gasteiger partial charge in [0.25, 0.3) is 0 Å². The van der Waals surface area contributed by atoms with Crippen LogP contribution in [0.3, 0.4) is 0 Å². The summed E-state index contributed by atoms with van der Waals surface area (Å²) in [5, 5.41) is 1.10. The van der Waals surface area contributed by atoms with Crippen molar-refractivity contribution in [1.82, 2.24) is 19.9 Å². The first-order valence-corrected chi connectivity index (χ1v) is 23.3. The molecule has 0 unspecified atom stereocenters. The molecule has 9 nitrogen and oxygen atoms in total. The van der Waals surface area contributed by atoms with Gasteiger partial charge in [0.05, 0.1) is 34.8 Å². The van der Waals surface area contributed by atoms with Crippen LogP contribution >= 0.6 is 0 Å². The summed E-state index contributed by atoms with van der Waals surface area (Å²) in [4.78, 5) is 19.7. The second kappa shape index (κ2) is 16.2. The van der Waals surface area contributed by atoms with Crippen LogP contribution in [0.1, 0.15) is 91.3 Å². The molecule has 1 atom stereocenters. The minimum Gasteiger partial charge on any atom is -0.468 e. The topological polar surface area (TPSA) is 82.1 Å². The molecule has 0 spiro atoms. The highest BCUT2D eigenvalue weighted by atomic mass is 28.3. The Hall–Kier alpha value is -3.96. The minimum absolute atomic E-state index is 0.00855. The third-order valence-electron chi connectivity index (χ3n) is 13.5. The standard InChI is InChI=1S/C45H56F3N5O4Si/c1-27(2)58(28(3)4,29(5)6)20-13-33-37-30(22-35(46)39(33)47)21-32(57-26-54-7)23-34(37)41-40(48)42-38-36(49-41)12-11-31-24-55-19-10-18-53(31)43(38)51-44(50-42)56-25-45-14-8-16-52(45)17-9-15-45/h21-23,27-29,31H,8-12,14-19,24-26H2,1-7H3/t31-/m0/s1. The monoisotopic (exact) mass is 815 g/mol. The minimum atomic E-state index is -2.41. The van der Waals surface area contributed by atoms with E-state index in [-0.39, 0.29) is 74.5 Å². The third kappa shape index (κ3) is 7.01. The van der Waals surface area contributed by atoms with Gasteiger partial charge in [0.1, 0.15) is 37.5 Å². The Morgan fingerprint density at radius 3 is 2.34 bits per heavy atom. The first kappa shape index (κ1) is 40.8. The molecule has 0 radical (unpaired) electrons. The number of pyridine rings is 1. The summed E-state index contributed by atoms with van der Waals surface area (Å²) in [5.74, 6) is 1.23. The maximum Gasteiger partial charge on any atom is 0.319 e. The first-order chi connectivity index (χ1) is 27.9. The van der Waals surface area contributed by atoms with E-state index >= 15 is 13.2 Å². The van der Waals surface area contributed by atoms with Crippen LogP contribution in [0.15, 0.2) is 18.2 Å². The number of methoxy groups -OCH3 is 1. The number of aromatic nitrogens is 3. The molecule has 6 heterocycles. The molecule has 4 aliphatic rings. The number of hydrogen-bond acceptors (Lipinski definition) is 9. The van der Waals surface area contributed by atoms with Gasteiger partial charge in [0, 0.05) is 31.2 Å². The van der Waals surface area contributed by atoms with Gasteiger partial charge in [-0.2, -0.15) is 9.97 Å². The molecule has 58 heavy (non-hydrogen) atoms. The molecule has 2 aromatic heterocycles. The van der Waals surface area contributed by atoms with Gasteiger partial charge in [-0.25, -0.2) is 18.2 Å². The molecule has 13 heteroatoms. The Balaban J connectivity index is 1.38. The number of halogens is 3. The Bertz CT molecular complexity index is 2250. The molecule has 3 fully saturated rings. The first-order valence-electron chi connectivity index (χ1n) is 21.1. The lowest BCUT2D eigenvalue weighted by atomic mass is 9.95. The number of anilines is 1. The van der Waals surface area contributed by atoms with Gasteiger partial charge in [0.2, 0.25) is 0 Å². The van der Waals surface area contributed by atoms with E-state index in [1.165, 1.54) is 7.11 Å². The maximum atomic E-state index is 17.8. The Morgan fingerprint density at radius 2 is 1.64 bits per heavy atom. The highest BCUT2D eigenvalue weighted by Gasteiger charge is 2.45. The van der Waals surface area contributed by atoms with Crippen LogP contribution in [0.2, 0.25) is 16.6 Å². The molecule has 310 valence electrons. The summed E-state index contributed by atoms with van der Waals surface area (Å²) in [6, 6.07) is 4.46. The number of hydrogen-bond donors (Lipinski definition) is 0. The van der Waals surface area contributed by atoms with Gasteiger partial charge < -0.3 is 23.8 Å². The predicted octanol–water partition coefficient (Wildman–Crippen LogP) is 9.36. The molecule has 0 bridgehead atoms. The number of fused-ring (bicyclic) bond motifs is 4. The van der Waals surface area contributed by atoms with Crippen molar-refractivity contribution in [3.05, 3.63) is 46.9 Å². The van der Waals surface area contributed by atoms with Gasteiger partial charge in [-0.3, -0.25) is 4.90 Å². The molecule has 0 amide bonds. The van der Waals surface area contributed by atoms with Gasteiger partial charge in [-0.15, -0.1) is 5.54 Å². The molecule has 4 aliphatic heterocycles. The zero-order valence-corrected chi connectivity index (χ0v) is 35.9. The maximum absolute atomic E-state index is 17.8. The summed E-state index contributed by atoms with van der Waals surface area (Å²) in [5.41, 5.74) is 5.00. The summed E-state index contributed by atoms with van der Waals surface area (Å²) in [6.07, 6.45) is 6.29. The lowest BCUT2D eigenvalue weighted by Gasteiger charge is -2.38. The SMILES string of the molecule is COCOc1cc(-c2nc3c4c(nc(OCC56CCCN5CCC6)nc4c2F)N2CCCOC[C@@H]2CC3)c2c(C#C[Si](C(C)C)(C(C)C)C(C)C)c(F)c(F)cc2c1. The predicted molar refractivity (Wildman–Crippen MR) is 224 cm³/mol. The number of rotatable bonds is 10. The lowest BCUT2D eigenvalue weighted by molar-refractivity contribution is 0.0512. The van der Waals surface area contributed by atoms with Gasteiger partial charge in [-0.1, -0.05) is 47.5 Å². The van der Waals surface area contributed by atoms with Crippen molar-refractivity contribution in [3.8, 4) is 34.5 Å². The fraction of sp³-hybridized carbons (Fsp3) is 0.578. The molecule has 0 aliphatic carbocycles. The Labute approximate surface area is 341 Å². The van der Waals surface area contributed by atoms with E-state index < -0.39 is 25.5 Å². The smallest absolute Gasteiger partial charge is 0.319 e. The third-order valence-corrected chi connectivity index (χ3v) is 19.8. The highest BCUT2D eigenvalue weighted by Crippen LogP contribution is 2.45. The van der Waals surface area contributed by atoms with E-state index in [1.54, 1.807) is 12.1 Å². The fourth-order valence-corrected chi connectivity index (χ4v) is 15.9. The summed E-state index contributed by atoms with van der Waals surface area (Å²) in [6.45, 7) is 17.2. The second-order valence-electron chi connectivity index (χ2n) is 17.6. The van der Waals surface area contributed by atoms with Crippen molar-refractivity contribution in [3.63, 3.8) is 0 Å². The van der Waals surface area contributed by atoms with Crippen LogP contribution in [0.5, 0.6) is 11.8 Å². The largest absolute Gasteiger partial charge is 0.468 e. The van der Waals surface area contributed by atoms with Crippen molar-refractivity contribution >= 4 is 35.6 Å². The van der Waals surface area contributed by atoms with Crippen molar-refractivity contribution in [2.75, 3.05) is 58.3 Å². The normalized spacial score (nSPS) is 19.4. The number of ether oxygens (including phenoxy) is 4. The summed E-state index contributed by atoms with van der Waals surface area (Å²) < 4.78 is 73.6. The average molecular weight is 816 g/mol. The Morgan fingerprint density at radius 1 is 0.897 bits per heavy atom. The molecule has 4 aromatic rings. The molecular formula is C45H56F3N5O4Si. The molecule has 8 rings (SSSR count).